The minimum absolute atomic E-state index is 0.565. The molecule has 0 rings (SSSR count). The van der Waals surface area contributed by atoms with E-state index < -0.39 is 0 Å². The highest BCUT2D eigenvalue weighted by Crippen LogP contribution is 2.02. The van der Waals surface area contributed by atoms with Crippen molar-refractivity contribution in [2.75, 3.05) is 96.9 Å². The van der Waals surface area contributed by atoms with Gasteiger partial charge in [0, 0.05) is 13.2 Å². The van der Waals surface area contributed by atoms with Crippen LogP contribution in [0.15, 0.2) is 0 Å². The number of hydrogen-bond donors (Lipinski definition) is 0. The number of rotatable bonds is 28. The molecule has 0 aliphatic carbocycles. The lowest BCUT2D eigenvalue weighted by Gasteiger charge is -2.08. The standard InChI is InChI=1S/C23H47IO7/c1-2-3-7-10-25-12-14-27-16-18-29-20-22-31-23-21-30-19-17-28-15-13-26-11-8-5-4-6-9-24/h2-23H2,1H3. The first-order chi connectivity index (χ1) is 15.4. The number of halogens is 1. The lowest BCUT2D eigenvalue weighted by atomic mass is 10.2. The molecular weight excluding hydrogens is 515 g/mol. The Bertz CT molecular complexity index is 284. The summed E-state index contributed by atoms with van der Waals surface area (Å²) in [5.41, 5.74) is 0. The summed E-state index contributed by atoms with van der Waals surface area (Å²) in [4.78, 5) is 0. The van der Waals surface area contributed by atoms with Crippen LogP contribution in [0.2, 0.25) is 0 Å². The molecule has 0 N–H and O–H groups in total. The van der Waals surface area contributed by atoms with Gasteiger partial charge in [0.15, 0.2) is 0 Å². The summed E-state index contributed by atoms with van der Waals surface area (Å²) in [7, 11) is 0. The molecule has 31 heavy (non-hydrogen) atoms. The van der Waals surface area contributed by atoms with Gasteiger partial charge < -0.3 is 33.2 Å². The van der Waals surface area contributed by atoms with Gasteiger partial charge in [-0.1, -0.05) is 55.2 Å². The summed E-state index contributed by atoms with van der Waals surface area (Å²) in [5, 5.41) is 0. The molecule has 0 heterocycles. The summed E-state index contributed by atoms with van der Waals surface area (Å²) < 4.78 is 39.6. The molecule has 0 amide bonds. The predicted molar refractivity (Wildman–Crippen MR) is 133 cm³/mol. The van der Waals surface area contributed by atoms with Crippen LogP contribution >= 0.6 is 22.6 Å². The molecule has 0 spiro atoms. The van der Waals surface area contributed by atoms with Gasteiger partial charge in [0.25, 0.3) is 0 Å². The molecular formula is C23H47IO7. The Morgan fingerprint density at radius 3 is 0.968 bits per heavy atom. The van der Waals surface area contributed by atoms with Gasteiger partial charge in [-0.05, 0) is 23.7 Å². The smallest absolute Gasteiger partial charge is 0.0701 e. The van der Waals surface area contributed by atoms with Crippen LogP contribution in [0.5, 0.6) is 0 Å². The van der Waals surface area contributed by atoms with E-state index in [1.807, 2.05) is 0 Å². The van der Waals surface area contributed by atoms with Crippen molar-refractivity contribution in [2.45, 2.75) is 51.9 Å². The monoisotopic (exact) mass is 562 g/mol. The van der Waals surface area contributed by atoms with Crippen molar-refractivity contribution in [1.29, 1.82) is 0 Å². The van der Waals surface area contributed by atoms with Crippen LogP contribution in [0.3, 0.4) is 0 Å². The molecule has 0 unspecified atom stereocenters. The molecule has 0 aliphatic rings. The number of alkyl halides is 1. The van der Waals surface area contributed by atoms with Crippen molar-refractivity contribution in [3.8, 4) is 0 Å². The molecule has 0 aromatic heterocycles. The maximum atomic E-state index is 5.54. The summed E-state index contributed by atoms with van der Waals surface area (Å²) in [6.45, 7) is 11.0. The van der Waals surface area contributed by atoms with E-state index in [0.717, 1.165) is 26.1 Å². The molecule has 0 aromatic rings. The van der Waals surface area contributed by atoms with Gasteiger partial charge in [-0.25, -0.2) is 0 Å². The second-order valence-electron chi connectivity index (χ2n) is 7.10. The quantitative estimate of drug-likeness (QED) is 0.0801. The number of hydrogen-bond acceptors (Lipinski definition) is 7. The number of unbranched alkanes of at least 4 members (excludes halogenated alkanes) is 5. The Balaban J connectivity index is 2.98. The van der Waals surface area contributed by atoms with Gasteiger partial charge in [0.05, 0.1) is 79.3 Å². The summed E-state index contributed by atoms with van der Waals surface area (Å²) in [5.74, 6) is 0. The van der Waals surface area contributed by atoms with Crippen molar-refractivity contribution >= 4 is 22.6 Å². The highest BCUT2D eigenvalue weighted by atomic mass is 127. The Morgan fingerprint density at radius 1 is 0.355 bits per heavy atom. The molecule has 0 radical (unpaired) electrons. The van der Waals surface area contributed by atoms with Gasteiger partial charge in [0.1, 0.15) is 0 Å². The van der Waals surface area contributed by atoms with Crippen LogP contribution in [0.4, 0.5) is 0 Å². The van der Waals surface area contributed by atoms with Crippen molar-refractivity contribution < 1.29 is 33.2 Å². The van der Waals surface area contributed by atoms with Crippen molar-refractivity contribution in [2.24, 2.45) is 0 Å². The van der Waals surface area contributed by atoms with Crippen LogP contribution in [-0.2, 0) is 33.2 Å². The van der Waals surface area contributed by atoms with Gasteiger partial charge in [-0.15, -0.1) is 0 Å². The average Bonchev–Trinajstić information content (AvgIpc) is 2.78. The fourth-order valence-corrected chi connectivity index (χ4v) is 3.07. The maximum absolute atomic E-state index is 5.54. The largest absolute Gasteiger partial charge is 0.379 e. The first-order valence-corrected chi connectivity index (χ1v) is 13.5. The highest BCUT2D eigenvalue weighted by molar-refractivity contribution is 14.1. The van der Waals surface area contributed by atoms with Gasteiger partial charge >= 0.3 is 0 Å². The lowest BCUT2D eigenvalue weighted by Crippen LogP contribution is -2.14. The zero-order chi connectivity index (χ0) is 22.5. The van der Waals surface area contributed by atoms with Gasteiger partial charge in [-0.2, -0.15) is 0 Å². The van der Waals surface area contributed by atoms with Gasteiger partial charge in [0.2, 0.25) is 0 Å². The Hall–Kier alpha value is 0.450. The second-order valence-corrected chi connectivity index (χ2v) is 8.18. The third kappa shape index (κ3) is 30.5. The maximum Gasteiger partial charge on any atom is 0.0701 e. The van der Waals surface area contributed by atoms with E-state index >= 15 is 0 Å². The fraction of sp³-hybridized carbons (Fsp3) is 1.00. The van der Waals surface area contributed by atoms with E-state index in [4.69, 9.17) is 33.2 Å². The fourth-order valence-electron chi connectivity index (χ4n) is 2.53. The lowest BCUT2D eigenvalue weighted by molar-refractivity contribution is -0.0206. The number of ether oxygens (including phenoxy) is 7. The van der Waals surface area contributed by atoms with Crippen LogP contribution in [-0.4, -0.2) is 96.9 Å². The molecule has 8 heteroatoms. The Labute approximate surface area is 204 Å². The predicted octanol–water partition coefficient (Wildman–Crippen LogP) is 4.29. The zero-order valence-corrected chi connectivity index (χ0v) is 21.9. The van der Waals surface area contributed by atoms with E-state index in [-0.39, 0.29) is 0 Å². The molecule has 0 atom stereocenters. The van der Waals surface area contributed by atoms with Crippen LogP contribution in [0.1, 0.15) is 51.9 Å². The molecule has 188 valence electrons. The summed E-state index contributed by atoms with van der Waals surface area (Å²) in [6.07, 6.45) is 8.61. The highest BCUT2D eigenvalue weighted by Gasteiger charge is 1.95. The zero-order valence-electron chi connectivity index (χ0n) is 19.8. The van der Waals surface area contributed by atoms with Crippen molar-refractivity contribution in [3.05, 3.63) is 0 Å². The summed E-state index contributed by atoms with van der Waals surface area (Å²) in [6, 6.07) is 0. The molecule has 0 saturated carbocycles. The first-order valence-electron chi connectivity index (χ1n) is 12.0. The average molecular weight is 563 g/mol. The minimum Gasteiger partial charge on any atom is -0.379 e. The normalized spacial score (nSPS) is 11.4. The Kier molecular flexibility index (Phi) is 30.9. The molecule has 0 fully saturated rings. The van der Waals surface area contributed by atoms with E-state index in [1.165, 1.54) is 36.5 Å². The van der Waals surface area contributed by atoms with E-state index in [9.17, 15) is 0 Å². The first kappa shape index (κ1) is 31.4. The summed E-state index contributed by atoms with van der Waals surface area (Å²) >= 11 is 2.42. The molecule has 0 aliphatic heterocycles. The molecule has 0 aromatic carbocycles. The second kappa shape index (κ2) is 30.4. The van der Waals surface area contributed by atoms with Crippen molar-refractivity contribution in [1.82, 2.24) is 0 Å². The third-order valence-electron chi connectivity index (χ3n) is 4.30. The van der Waals surface area contributed by atoms with Crippen LogP contribution in [0, 0.1) is 0 Å². The molecule has 0 bridgehead atoms. The van der Waals surface area contributed by atoms with E-state index in [0.29, 0.717) is 79.3 Å². The van der Waals surface area contributed by atoms with E-state index in [1.54, 1.807) is 0 Å². The van der Waals surface area contributed by atoms with E-state index in [2.05, 4.69) is 29.5 Å². The molecule has 7 nitrogen and oxygen atoms in total. The third-order valence-corrected chi connectivity index (χ3v) is 5.06. The minimum atomic E-state index is 0.565. The topological polar surface area (TPSA) is 64.6 Å². The SMILES string of the molecule is CCCCCOCCOCCOCCOCCOCCOCCOCCCCCCI. The molecule has 0 saturated heterocycles. The van der Waals surface area contributed by atoms with Crippen LogP contribution in [0.25, 0.3) is 0 Å². The van der Waals surface area contributed by atoms with Gasteiger partial charge in [-0.3, -0.25) is 0 Å². The Morgan fingerprint density at radius 2 is 0.645 bits per heavy atom. The van der Waals surface area contributed by atoms with Crippen LogP contribution < -0.4 is 0 Å². The van der Waals surface area contributed by atoms with Crippen molar-refractivity contribution in [3.63, 3.8) is 0 Å².